The van der Waals surface area contributed by atoms with Gasteiger partial charge in [-0.3, -0.25) is 9.59 Å². The molecule has 2 N–H and O–H groups in total. The lowest BCUT2D eigenvalue weighted by atomic mass is 10.1. The van der Waals surface area contributed by atoms with Gasteiger partial charge in [-0.15, -0.1) is 11.8 Å². The first-order chi connectivity index (χ1) is 9.35. The molecule has 1 rings (SSSR count). The highest BCUT2D eigenvalue weighted by Gasteiger charge is 2.28. The van der Waals surface area contributed by atoms with E-state index in [1.807, 2.05) is 24.3 Å². The minimum absolute atomic E-state index is 0.121. The molecule has 0 aliphatic carbocycles. The first kappa shape index (κ1) is 16.6. The molecule has 0 spiro atoms. The van der Waals surface area contributed by atoms with Crippen LogP contribution in [-0.2, 0) is 16.0 Å². The molecule has 0 atom stereocenters. The van der Waals surface area contributed by atoms with Crippen molar-refractivity contribution in [2.45, 2.75) is 38.4 Å². The molecule has 5 heteroatoms. The van der Waals surface area contributed by atoms with Gasteiger partial charge in [0.15, 0.2) is 0 Å². The lowest BCUT2D eigenvalue weighted by molar-refractivity contribution is -0.138. The molecule has 0 aromatic heterocycles. The number of benzene rings is 1. The number of thioether (sulfide) groups is 1. The summed E-state index contributed by atoms with van der Waals surface area (Å²) in [5.74, 6) is -0.984. The van der Waals surface area contributed by atoms with Crippen LogP contribution in [0.25, 0.3) is 0 Å². The largest absolute Gasteiger partial charge is 0.480 e. The molecule has 0 aliphatic heterocycles. The highest BCUT2D eigenvalue weighted by molar-refractivity contribution is 8.02. The number of hydrogen-bond donors (Lipinski definition) is 2. The fourth-order valence-electron chi connectivity index (χ4n) is 1.55. The first-order valence-corrected chi connectivity index (χ1v) is 7.60. The molecule has 0 unspecified atom stereocenters. The van der Waals surface area contributed by atoms with Gasteiger partial charge in [0.2, 0.25) is 5.91 Å². The van der Waals surface area contributed by atoms with Crippen molar-refractivity contribution in [2.75, 3.05) is 11.1 Å². The van der Waals surface area contributed by atoms with E-state index in [1.165, 1.54) is 5.56 Å². The molecule has 0 heterocycles. The van der Waals surface area contributed by atoms with E-state index >= 15 is 0 Å². The summed E-state index contributed by atoms with van der Waals surface area (Å²) in [6.07, 6.45) is 2.11. The zero-order valence-electron chi connectivity index (χ0n) is 12.1. The Bertz CT molecular complexity index is 469. The molecule has 0 fully saturated rings. The van der Waals surface area contributed by atoms with Crippen LogP contribution < -0.4 is 5.32 Å². The van der Waals surface area contributed by atoms with Gasteiger partial charge in [-0.2, -0.15) is 0 Å². The van der Waals surface area contributed by atoms with Gasteiger partial charge in [0.05, 0.1) is 5.75 Å². The van der Waals surface area contributed by atoms with Crippen molar-refractivity contribution in [3.05, 3.63) is 29.8 Å². The summed E-state index contributed by atoms with van der Waals surface area (Å²) >= 11 is 1.11. The molecular weight excluding hydrogens is 274 g/mol. The Hall–Kier alpha value is -1.49. The van der Waals surface area contributed by atoms with E-state index in [0.29, 0.717) is 0 Å². The molecule has 20 heavy (non-hydrogen) atoms. The Morgan fingerprint density at radius 3 is 2.35 bits per heavy atom. The SMILES string of the molecule is CCCc1ccc(NC(=O)CSC(C)(C)C(=O)O)cc1. The highest BCUT2D eigenvalue weighted by Crippen LogP contribution is 2.24. The fourth-order valence-corrected chi connectivity index (χ4v) is 2.24. The quantitative estimate of drug-likeness (QED) is 0.811. The highest BCUT2D eigenvalue weighted by atomic mass is 32.2. The van der Waals surface area contributed by atoms with E-state index in [1.54, 1.807) is 13.8 Å². The Morgan fingerprint density at radius 1 is 1.25 bits per heavy atom. The maximum Gasteiger partial charge on any atom is 0.319 e. The number of rotatable bonds is 7. The summed E-state index contributed by atoms with van der Waals surface area (Å²) in [4.78, 5) is 22.7. The van der Waals surface area contributed by atoms with Crippen LogP contribution >= 0.6 is 11.8 Å². The third-order valence-corrected chi connectivity index (χ3v) is 4.16. The van der Waals surface area contributed by atoms with E-state index in [9.17, 15) is 9.59 Å². The van der Waals surface area contributed by atoms with Crippen LogP contribution in [0.5, 0.6) is 0 Å². The van der Waals surface area contributed by atoms with Crippen LogP contribution in [0.1, 0.15) is 32.8 Å². The van der Waals surface area contributed by atoms with Gasteiger partial charge in [-0.25, -0.2) is 0 Å². The normalized spacial score (nSPS) is 11.2. The van der Waals surface area contributed by atoms with Crippen molar-refractivity contribution in [3.8, 4) is 0 Å². The molecule has 0 bridgehead atoms. The van der Waals surface area contributed by atoms with Gasteiger partial charge in [0, 0.05) is 5.69 Å². The average molecular weight is 295 g/mol. The second kappa shape index (κ2) is 7.33. The second-order valence-electron chi connectivity index (χ2n) is 5.10. The topological polar surface area (TPSA) is 66.4 Å². The zero-order chi connectivity index (χ0) is 15.2. The number of carboxylic acids is 1. The second-order valence-corrected chi connectivity index (χ2v) is 6.70. The van der Waals surface area contributed by atoms with Crippen LogP contribution in [-0.4, -0.2) is 27.5 Å². The number of hydrogen-bond acceptors (Lipinski definition) is 3. The van der Waals surface area contributed by atoms with Crippen LogP contribution in [0.15, 0.2) is 24.3 Å². The molecular formula is C15H21NO3S. The molecule has 110 valence electrons. The number of aliphatic carboxylic acids is 1. The molecule has 0 aliphatic rings. The number of nitrogens with one attached hydrogen (secondary N) is 1. The fraction of sp³-hybridized carbons (Fsp3) is 0.467. The Labute approximate surface area is 124 Å². The van der Waals surface area contributed by atoms with Gasteiger partial charge in [0.1, 0.15) is 4.75 Å². The van der Waals surface area contributed by atoms with E-state index in [-0.39, 0.29) is 11.7 Å². The van der Waals surface area contributed by atoms with Crippen molar-refractivity contribution < 1.29 is 14.7 Å². The summed E-state index contributed by atoms with van der Waals surface area (Å²) in [5.41, 5.74) is 1.98. The summed E-state index contributed by atoms with van der Waals surface area (Å²) in [5, 5.41) is 11.7. The third-order valence-electron chi connectivity index (χ3n) is 2.86. The Morgan fingerprint density at radius 2 is 1.85 bits per heavy atom. The van der Waals surface area contributed by atoms with Gasteiger partial charge in [-0.05, 0) is 38.0 Å². The van der Waals surface area contributed by atoms with E-state index in [4.69, 9.17) is 5.11 Å². The molecule has 4 nitrogen and oxygen atoms in total. The monoisotopic (exact) mass is 295 g/mol. The van der Waals surface area contributed by atoms with E-state index < -0.39 is 10.7 Å². The molecule has 0 radical (unpaired) electrons. The summed E-state index contributed by atoms with van der Waals surface area (Å²) in [7, 11) is 0. The lowest BCUT2D eigenvalue weighted by Gasteiger charge is -2.17. The Kier molecular flexibility index (Phi) is 6.07. The minimum Gasteiger partial charge on any atom is -0.480 e. The maximum absolute atomic E-state index is 11.8. The van der Waals surface area contributed by atoms with Crippen LogP contribution in [0, 0.1) is 0 Å². The average Bonchev–Trinajstić information content (AvgIpc) is 2.39. The van der Waals surface area contributed by atoms with Crippen LogP contribution in [0.2, 0.25) is 0 Å². The standard InChI is InChI=1S/C15H21NO3S/c1-4-5-11-6-8-12(9-7-11)16-13(17)10-20-15(2,3)14(18)19/h6-9H,4-5,10H2,1-3H3,(H,16,17)(H,18,19). The summed E-state index contributed by atoms with van der Waals surface area (Å²) in [6, 6.07) is 7.73. The smallest absolute Gasteiger partial charge is 0.319 e. The van der Waals surface area contributed by atoms with E-state index in [2.05, 4.69) is 12.2 Å². The van der Waals surface area contributed by atoms with Crippen molar-refractivity contribution in [3.63, 3.8) is 0 Å². The van der Waals surface area contributed by atoms with Gasteiger partial charge in [0.25, 0.3) is 0 Å². The lowest BCUT2D eigenvalue weighted by Crippen LogP contribution is -2.29. The number of amides is 1. The van der Waals surface area contributed by atoms with Crippen molar-refractivity contribution in [1.82, 2.24) is 0 Å². The van der Waals surface area contributed by atoms with Crippen LogP contribution in [0.3, 0.4) is 0 Å². The number of anilines is 1. The molecule has 1 aromatic carbocycles. The molecule has 1 amide bonds. The summed E-state index contributed by atoms with van der Waals surface area (Å²) < 4.78 is -0.956. The maximum atomic E-state index is 11.8. The zero-order valence-corrected chi connectivity index (χ0v) is 12.9. The molecule has 0 saturated heterocycles. The summed E-state index contributed by atoms with van der Waals surface area (Å²) in [6.45, 7) is 5.30. The van der Waals surface area contributed by atoms with Crippen molar-refractivity contribution in [2.24, 2.45) is 0 Å². The van der Waals surface area contributed by atoms with Crippen molar-refractivity contribution >= 4 is 29.3 Å². The predicted molar refractivity (Wildman–Crippen MR) is 83.2 cm³/mol. The molecule has 1 aromatic rings. The molecule has 0 saturated carbocycles. The van der Waals surface area contributed by atoms with Gasteiger partial charge < -0.3 is 10.4 Å². The van der Waals surface area contributed by atoms with Gasteiger partial charge >= 0.3 is 5.97 Å². The van der Waals surface area contributed by atoms with Crippen LogP contribution in [0.4, 0.5) is 5.69 Å². The van der Waals surface area contributed by atoms with Crippen molar-refractivity contribution in [1.29, 1.82) is 0 Å². The van der Waals surface area contributed by atoms with Gasteiger partial charge in [-0.1, -0.05) is 25.5 Å². The number of carbonyl (C=O) groups is 2. The predicted octanol–water partition coefficient (Wildman–Crippen LogP) is 3.17. The number of carbonyl (C=O) groups excluding carboxylic acids is 1. The first-order valence-electron chi connectivity index (χ1n) is 6.61. The minimum atomic E-state index is -0.956. The van der Waals surface area contributed by atoms with E-state index in [0.717, 1.165) is 30.3 Å². The number of carboxylic acid groups (broad SMARTS) is 1. The Balaban J connectivity index is 2.48. The number of aryl methyl sites for hydroxylation is 1. The third kappa shape index (κ3) is 5.25.